The van der Waals surface area contributed by atoms with Gasteiger partial charge < -0.3 is 10.1 Å². The molecular weight excluding hydrogens is 370 g/mol. The van der Waals surface area contributed by atoms with E-state index in [4.69, 9.17) is 4.74 Å². The molecule has 0 spiro atoms. The molecule has 1 aliphatic rings. The highest BCUT2D eigenvalue weighted by Gasteiger charge is 2.32. The first-order chi connectivity index (χ1) is 14.7. The molecule has 0 aromatic heterocycles. The predicted molar refractivity (Wildman–Crippen MR) is 121 cm³/mol. The Morgan fingerprint density at radius 2 is 1.20 bits per heavy atom. The monoisotopic (exact) mass is 395 g/mol. The van der Waals surface area contributed by atoms with Crippen LogP contribution in [0.2, 0.25) is 0 Å². The van der Waals surface area contributed by atoms with Crippen LogP contribution in [-0.4, -0.2) is 11.9 Å². The van der Waals surface area contributed by atoms with Gasteiger partial charge in [-0.15, -0.1) is 0 Å². The first-order valence-electron chi connectivity index (χ1n) is 10.6. The molecule has 1 unspecified atom stereocenters. The lowest BCUT2D eigenvalue weighted by Crippen LogP contribution is -2.39. The molecule has 4 aromatic rings. The lowest BCUT2D eigenvalue weighted by Gasteiger charge is -2.36. The minimum absolute atomic E-state index is 0.0106. The Bertz CT molecular complexity index is 1130. The molecule has 3 nitrogen and oxygen atoms in total. The van der Waals surface area contributed by atoms with Crippen molar-refractivity contribution < 1.29 is 9.53 Å². The number of nitrogens with one attached hydrogen (secondary N) is 1. The van der Waals surface area contributed by atoms with Crippen molar-refractivity contribution in [1.82, 2.24) is 5.32 Å². The number of rotatable bonds is 3. The minimum Gasteiger partial charge on any atom is -0.365 e. The molecule has 4 aromatic carbocycles. The third kappa shape index (κ3) is 3.81. The topological polar surface area (TPSA) is 38.3 Å². The molecule has 1 saturated heterocycles. The summed E-state index contributed by atoms with van der Waals surface area (Å²) in [6.45, 7) is 1.59. The summed E-state index contributed by atoms with van der Waals surface area (Å²) in [4.78, 5) is 11.8. The van der Waals surface area contributed by atoms with Gasteiger partial charge in [-0.05, 0) is 57.6 Å². The summed E-state index contributed by atoms with van der Waals surface area (Å²) < 4.78 is 6.62. The van der Waals surface area contributed by atoms with Crippen LogP contribution in [0.3, 0.4) is 0 Å². The number of carbonyl (C=O) groups is 1. The van der Waals surface area contributed by atoms with Crippen molar-refractivity contribution in [2.75, 3.05) is 0 Å². The molecule has 3 heteroatoms. The van der Waals surface area contributed by atoms with Gasteiger partial charge in [-0.2, -0.15) is 0 Å². The fourth-order valence-corrected chi connectivity index (χ4v) is 4.57. The highest BCUT2D eigenvalue weighted by molar-refractivity contribution is 5.84. The zero-order valence-electron chi connectivity index (χ0n) is 17.0. The second-order valence-electron chi connectivity index (χ2n) is 8.20. The highest BCUT2D eigenvalue weighted by Crippen LogP contribution is 2.40. The van der Waals surface area contributed by atoms with E-state index in [1.165, 1.54) is 21.5 Å². The van der Waals surface area contributed by atoms with E-state index >= 15 is 0 Å². The minimum atomic E-state index is -0.0586. The number of fused-ring (bicyclic) bond motifs is 2. The molecule has 150 valence electrons. The smallest absolute Gasteiger partial charge is 0.217 e. The van der Waals surface area contributed by atoms with Crippen molar-refractivity contribution in [2.45, 2.75) is 38.0 Å². The highest BCUT2D eigenvalue weighted by atomic mass is 16.5. The normalized spacial score (nSPS) is 21.6. The van der Waals surface area contributed by atoms with Crippen molar-refractivity contribution >= 4 is 27.5 Å². The van der Waals surface area contributed by atoms with Crippen molar-refractivity contribution in [3.63, 3.8) is 0 Å². The molecule has 0 radical (unpaired) electrons. The fourth-order valence-electron chi connectivity index (χ4n) is 4.57. The van der Waals surface area contributed by atoms with E-state index in [1.807, 2.05) is 0 Å². The Kier molecular flexibility index (Phi) is 4.97. The van der Waals surface area contributed by atoms with E-state index in [0.717, 1.165) is 24.0 Å². The quantitative estimate of drug-likeness (QED) is 0.456. The second-order valence-corrected chi connectivity index (χ2v) is 8.20. The van der Waals surface area contributed by atoms with Crippen LogP contribution < -0.4 is 5.32 Å². The number of amides is 1. The molecule has 0 aliphatic carbocycles. The summed E-state index contributed by atoms with van der Waals surface area (Å²) in [7, 11) is 0. The summed E-state index contributed by atoms with van der Waals surface area (Å²) >= 11 is 0. The Balaban J connectivity index is 1.49. The van der Waals surface area contributed by atoms with Gasteiger partial charge in [0.05, 0.1) is 12.2 Å². The summed E-state index contributed by atoms with van der Waals surface area (Å²) in [6, 6.07) is 29.9. The number of hydrogen-bond donors (Lipinski definition) is 1. The van der Waals surface area contributed by atoms with E-state index in [1.54, 1.807) is 6.92 Å². The van der Waals surface area contributed by atoms with Crippen LogP contribution in [0, 0.1) is 0 Å². The van der Waals surface area contributed by atoms with Crippen LogP contribution in [0.15, 0.2) is 84.9 Å². The van der Waals surface area contributed by atoms with E-state index in [2.05, 4.69) is 90.2 Å². The lowest BCUT2D eigenvalue weighted by molar-refractivity contribution is -0.122. The number of benzene rings is 4. The number of carbonyl (C=O) groups excluding carboxylic acids is 1. The van der Waals surface area contributed by atoms with Gasteiger partial charge in [0.2, 0.25) is 5.91 Å². The molecule has 5 rings (SSSR count). The zero-order chi connectivity index (χ0) is 20.5. The Morgan fingerprint density at radius 3 is 1.67 bits per heavy atom. The molecule has 0 saturated carbocycles. The van der Waals surface area contributed by atoms with Gasteiger partial charge in [-0.3, -0.25) is 4.79 Å². The van der Waals surface area contributed by atoms with Crippen LogP contribution in [0.5, 0.6) is 0 Å². The molecule has 0 bridgehead atoms. The van der Waals surface area contributed by atoms with E-state index < -0.39 is 0 Å². The molecule has 1 N–H and O–H groups in total. The number of ether oxygens (including phenoxy) is 1. The predicted octanol–water partition coefficient (Wildman–Crippen LogP) is 6.09. The van der Waals surface area contributed by atoms with Gasteiger partial charge in [0.25, 0.3) is 0 Å². The van der Waals surface area contributed by atoms with Crippen molar-refractivity contribution in [2.24, 2.45) is 0 Å². The third-order valence-corrected chi connectivity index (χ3v) is 6.02. The van der Waals surface area contributed by atoms with Gasteiger partial charge in [-0.1, -0.05) is 72.8 Å². The lowest BCUT2D eigenvalue weighted by atomic mass is 9.90. The van der Waals surface area contributed by atoms with Crippen molar-refractivity contribution in [3.05, 3.63) is 96.1 Å². The second kappa shape index (κ2) is 7.92. The van der Waals surface area contributed by atoms with Gasteiger partial charge in [0, 0.05) is 13.0 Å². The molecular formula is C27H25NO2. The molecule has 1 fully saturated rings. The Hall–Kier alpha value is -3.17. The van der Waals surface area contributed by atoms with Crippen molar-refractivity contribution in [1.29, 1.82) is 0 Å². The van der Waals surface area contributed by atoms with E-state index in [0.29, 0.717) is 0 Å². The van der Waals surface area contributed by atoms with Gasteiger partial charge in [0.15, 0.2) is 0 Å². The Morgan fingerprint density at radius 1 is 0.733 bits per heavy atom. The summed E-state index contributed by atoms with van der Waals surface area (Å²) in [6.07, 6.45) is 1.44. The van der Waals surface area contributed by atoms with Gasteiger partial charge >= 0.3 is 0 Å². The van der Waals surface area contributed by atoms with Crippen LogP contribution in [-0.2, 0) is 9.53 Å². The molecule has 1 heterocycles. The molecule has 30 heavy (non-hydrogen) atoms. The van der Waals surface area contributed by atoms with Crippen LogP contribution in [0.25, 0.3) is 21.5 Å². The zero-order valence-corrected chi connectivity index (χ0v) is 17.0. The van der Waals surface area contributed by atoms with Gasteiger partial charge in [-0.25, -0.2) is 0 Å². The van der Waals surface area contributed by atoms with Crippen LogP contribution in [0.4, 0.5) is 0 Å². The molecule has 1 aliphatic heterocycles. The van der Waals surface area contributed by atoms with Crippen LogP contribution >= 0.6 is 0 Å². The summed E-state index contributed by atoms with van der Waals surface area (Å²) in [5, 5.41) is 8.01. The standard InChI is InChI=1S/C27H25NO2/c1-18(29)28-25-16-26(23-12-10-19-6-2-4-8-21(19)14-23)30-27(17-25)24-13-11-20-7-3-5-9-22(20)15-24/h2-15,25-27H,16-17H2,1H3,(H,28,29)/t25?,26-,27+. The maximum atomic E-state index is 11.8. The number of hydrogen-bond acceptors (Lipinski definition) is 2. The Labute approximate surface area is 176 Å². The van der Waals surface area contributed by atoms with E-state index in [9.17, 15) is 4.79 Å². The molecule has 1 amide bonds. The van der Waals surface area contributed by atoms with E-state index in [-0.39, 0.29) is 24.2 Å². The average Bonchev–Trinajstić information content (AvgIpc) is 2.78. The fraction of sp³-hybridized carbons (Fsp3) is 0.222. The average molecular weight is 396 g/mol. The maximum Gasteiger partial charge on any atom is 0.217 e. The maximum absolute atomic E-state index is 11.8. The van der Waals surface area contributed by atoms with Gasteiger partial charge in [0.1, 0.15) is 0 Å². The molecule has 3 atom stereocenters. The summed E-state index contributed by atoms with van der Waals surface area (Å²) in [5.74, 6) is 0.0106. The SMILES string of the molecule is CC(=O)NC1C[C@@H](c2ccc3ccccc3c2)O[C@@H](c2ccc3ccccc3c2)C1. The first-order valence-corrected chi connectivity index (χ1v) is 10.6. The van der Waals surface area contributed by atoms with Crippen molar-refractivity contribution in [3.8, 4) is 0 Å². The largest absolute Gasteiger partial charge is 0.365 e. The summed E-state index contributed by atoms with van der Waals surface area (Å²) in [5.41, 5.74) is 2.32. The van der Waals surface area contributed by atoms with Crippen LogP contribution in [0.1, 0.15) is 43.1 Å². The first kappa shape index (κ1) is 18.8. The third-order valence-electron chi connectivity index (χ3n) is 6.02.